The van der Waals surface area contributed by atoms with E-state index in [1.807, 2.05) is 63.2 Å². The molecule has 0 spiro atoms. The number of nitrogens with zero attached hydrogens (tertiary/aromatic N) is 4. The van der Waals surface area contributed by atoms with E-state index in [0.29, 0.717) is 11.0 Å². The minimum Gasteiger partial charge on any atom is -0.353 e. The lowest BCUT2D eigenvalue weighted by molar-refractivity contribution is -0.120. The summed E-state index contributed by atoms with van der Waals surface area (Å²) in [6.07, 6.45) is 1.84. The Hall–Kier alpha value is -2.93. The molecule has 0 radical (unpaired) electrons. The first kappa shape index (κ1) is 20.3. The number of carbonyl (C=O) groups excluding carboxylic acids is 1. The number of para-hydroxylation sites is 1. The third-order valence-electron chi connectivity index (χ3n) is 5.00. The van der Waals surface area contributed by atoms with E-state index in [0.717, 1.165) is 29.4 Å². The van der Waals surface area contributed by atoms with Crippen LogP contribution in [0.4, 0.5) is 0 Å². The second-order valence-electron chi connectivity index (χ2n) is 7.50. The van der Waals surface area contributed by atoms with Crippen LogP contribution in [0.25, 0.3) is 16.6 Å². The standard InChI is InChI=1S/C23H25N5OS/c1-15(13-14-18-9-5-4-6-10-18)24-22(29)16(2)30-23-26-20-12-8-7-11-19(20)21-25-17(3)27-28(21)23/h4-12,15-16H,13-14H2,1-3H3,(H,24,29). The number of thioether (sulfide) groups is 1. The van der Waals surface area contributed by atoms with Crippen molar-refractivity contribution in [2.75, 3.05) is 0 Å². The number of hydrogen-bond donors (Lipinski definition) is 1. The van der Waals surface area contributed by atoms with Crippen LogP contribution in [0.3, 0.4) is 0 Å². The maximum atomic E-state index is 12.8. The van der Waals surface area contributed by atoms with Gasteiger partial charge in [-0.25, -0.2) is 9.97 Å². The molecule has 2 aromatic heterocycles. The van der Waals surface area contributed by atoms with Crippen LogP contribution in [0.5, 0.6) is 0 Å². The van der Waals surface area contributed by atoms with Crippen LogP contribution in [0.15, 0.2) is 59.8 Å². The number of amides is 1. The Labute approximate surface area is 180 Å². The van der Waals surface area contributed by atoms with Crippen LogP contribution in [0, 0.1) is 6.92 Å². The topological polar surface area (TPSA) is 72.2 Å². The molecule has 0 bridgehead atoms. The van der Waals surface area contributed by atoms with Crippen molar-refractivity contribution in [2.45, 2.75) is 50.1 Å². The number of aromatic nitrogens is 4. The highest BCUT2D eigenvalue weighted by Gasteiger charge is 2.20. The summed E-state index contributed by atoms with van der Waals surface area (Å²) in [4.78, 5) is 22.1. The first-order valence-electron chi connectivity index (χ1n) is 10.1. The largest absolute Gasteiger partial charge is 0.353 e. The van der Waals surface area contributed by atoms with Crippen LogP contribution in [-0.4, -0.2) is 36.8 Å². The van der Waals surface area contributed by atoms with Gasteiger partial charge in [-0.2, -0.15) is 4.52 Å². The van der Waals surface area contributed by atoms with Gasteiger partial charge in [0, 0.05) is 11.4 Å². The number of nitrogens with one attached hydrogen (secondary N) is 1. The lowest BCUT2D eigenvalue weighted by Gasteiger charge is -2.17. The van der Waals surface area contributed by atoms with Gasteiger partial charge in [0.25, 0.3) is 0 Å². The molecule has 1 N–H and O–H groups in total. The van der Waals surface area contributed by atoms with E-state index in [-0.39, 0.29) is 17.2 Å². The monoisotopic (exact) mass is 419 g/mol. The zero-order valence-corrected chi connectivity index (χ0v) is 18.2. The van der Waals surface area contributed by atoms with Crippen molar-refractivity contribution in [1.82, 2.24) is 24.9 Å². The van der Waals surface area contributed by atoms with E-state index in [2.05, 4.69) is 27.5 Å². The molecule has 0 aliphatic carbocycles. The molecule has 7 heteroatoms. The maximum Gasteiger partial charge on any atom is 0.233 e. The van der Waals surface area contributed by atoms with Crippen LogP contribution >= 0.6 is 11.8 Å². The van der Waals surface area contributed by atoms with E-state index >= 15 is 0 Å². The molecular weight excluding hydrogens is 394 g/mol. The lowest BCUT2D eigenvalue weighted by Crippen LogP contribution is -2.38. The molecule has 0 fully saturated rings. The molecule has 2 atom stereocenters. The minimum atomic E-state index is -0.300. The van der Waals surface area contributed by atoms with E-state index in [4.69, 9.17) is 4.98 Å². The summed E-state index contributed by atoms with van der Waals surface area (Å²) in [6, 6.07) is 18.3. The Morgan fingerprint density at radius 3 is 2.60 bits per heavy atom. The Kier molecular flexibility index (Phi) is 5.99. The fourth-order valence-corrected chi connectivity index (χ4v) is 4.25. The number of fused-ring (bicyclic) bond motifs is 3. The van der Waals surface area contributed by atoms with Crippen molar-refractivity contribution < 1.29 is 4.79 Å². The molecule has 4 rings (SSSR count). The number of carbonyl (C=O) groups is 1. The summed E-state index contributed by atoms with van der Waals surface area (Å²) >= 11 is 1.40. The van der Waals surface area contributed by atoms with Crippen LogP contribution in [0.1, 0.15) is 31.7 Å². The van der Waals surface area contributed by atoms with Crippen LogP contribution in [0.2, 0.25) is 0 Å². The molecule has 1 amide bonds. The quantitative estimate of drug-likeness (QED) is 0.359. The highest BCUT2D eigenvalue weighted by molar-refractivity contribution is 8.00. The number of aryl methyl sites for hydroxylation is 2. The number of benzene rings is 2. The van der Waals surface area contributed by atoms with Gasteiger partial charge >= 0.3 is 0 Å². The highest BCUT2D eigenvalue weighted by Crippen LogP contribution is 2.26. The minimum absolute atomic E-state index is 0.000470. The summed E-state index contributed by atoms with van der Waals surface area (Å²) in [5.41, 5.74) is 2.90. The van der Waals surface area contributed by atoms with Crippen molar-refractivity contribution in [3.8, 4) is 0 Å². The first-order valence-corrected chi connectivity index (χ1v) is 11.0. The van der Waals surface area contributed by atoms with Crippen molar-refractivity contribution in [2.24, 2.45) is 0 Å². The molecule has 6 nitrogen and oxygen atoms in total. The molecular formula is C23H25N5OS. The predicted octanol–water partition coefficient (Wildman–Crippen LogP) is 4.20. The second-order valence-corrected chi connectivity index (χ2v) is 8.81. The van der Waals surface area contributed by atoms with Crippen molar-refractivity contribution in [3.63, 3.8) is 0 Å². The number of rotatable bonds is 7. The van der Waals surface area contributed by atoms with Gasteiger partial charge in [-0.3, -0.25) is 4.79 Å². The van der Waals surface area contributed by atoms with Gasteiger partial charge in [-0.1, -0.05) is 54.2 Å². The van der Waals surface area contributed by atoms with Gasteiger partial charge < -0.3 is 5.32 Å². The fraction of sp³-hybridized carbons (Fsp3) is 0.304. The molecule has 0 aliphatic rings. The van der Waals surface area contributed by atoms with Gasteiger partial charge in [0.05, 0.1) is 10.8 Å². The number of hydrogen-bond acceptors (Lipinski definition) is 5. The average Bonchev–Trinajstić information content (AvgIpc) is 3.15. The SMILES string of the molecule is Cc1nc2c3ccccc3nc(SC(C)C(=O)NC(C)CCc3ccccc3)n2n1. The van der Waals surface area contributed by atoms with Gasteiger partial charge in [0.2, 0.25) is 5.91 Å². The van der Waals surface area contributed by atoms with Gasteiger partial charge in [0.1, 0.15) is 5.82 Å². The Bertz CT molecular complexity index is 1170. The fourth-order valence-electron chi connectivity index (χ4n) is 3.38. The molecule has 4 aromatic rings. The average molecular weight is 420 g/mol. The zero-order valence-electron chi connectivity index (χ0n) is 17.4. The third-order valence-corrected chi connectivity index (χ3v) is 6.05. The smallest absolute Gasteiger partial charge is 0.233 e. The highest BCUT2D eigenvalue weighted by atomic mass is 32.2. The molecule has 2 heterocycles. The van der Waals surface area contributed by atoms with E-state index in [1.54, 1.807) is 4.52 Å². The predicted molar refractivity (Wildman–Crippen MR) is 121 cm³/mol. The Morgan fingerprint density at radius 1 is 1.07 bits per heavy atom. The Balaban J connectivity index is 1.45. The zero-order chi connectivity index (χ0) is 21.1. The normalized spacial score (nSPS) is 13.4. The molecule has 2 aromatic carbocycles. The third kappa shape index (κ3) is 4.46. The molecule has 0 aliphatic heterocycles. The molecule has 0 saturated carbocycles. The summed E-state index contributed by atoms with van der Waals surface area (Å²) in [5.74, 6) is 0.683. The van der Waals surface area contributed by atoms with Gasteiger partial charge in [-0.15, -0.1) is 5.10 Å². The lowest BCUT2D eigenvalue weighted by atomic mass is 10.1. The summed E-state index contributed by atoms with van der Waals surface area (Å²) in [5, 5.41) is 8.94. The van der Waals surface area contributed by atoms with Crippen molar-refractivity contribution in [1.29, 1.82) is 0 Å². The summed E-state index contributed by atoms with van der Waals surface area (Å²) in [6.45, 7) is 5.81. The molecule has 154 valence electrons. The van der Waals surface area contributed by atoms with Crippen molar-refractivity contribution >= 4 is 34.2 Å². The molecule has 2 unspecified atom stereocenters. The van der Waals surface area contributed by atoms with Gasteiger partial charge in [0.15, 0.2) is 10.8 Å². The van der Waals surface area contributed by atoms with E-state index in [1.165, 1.54) is 17.3 Å². The molecule has 30 heavy (non-hydrogen) atoms. The van der Waals surface area contributed by atoms with Gasteiger partial charge in [-0.05, 0) is 51.3 Å². The van der Waals surface area contributed by atoms with Crippen LogP contribution < -0.4 is 5.32 Å². The Morgan fingerprint density at radius 2 is 1.80 bits per heavy atom. The summed E-state index contributed by atoms with van der Waals surface area (Å²) < 4.78 is 1.74. The molecule has 0 saturated heterocycles. The van der Waals surface area contributed by atoms with E-state index in [9.17, 15) is 4.79 Å². The maximum absolute atomic E-state index is 12.8. The van der Waals surface area contributed by atoms with Crippen molar-refractivity contribution in [3.05, 3.63) is 66.0 Å². The second kappa shape index (κ2) is 8.83. The van der Waals surface area contributed by atoms with E-state index < -0.39 is 0 Å². The summed E-state index contributed by atoms with van der Waals surface area (Å²) in [7, 11) is 0. The van der Waals surface area contributed by atoms with Crippen LogP contribution in [-0.2, 0) is 11.2 Å². The first-order chi connectivity index (χ1) is 14.5.